The molecule has 3 heteroatoms. The summed E-state index contributed by atoms with van der Waals surface area (Å²) >= 11 is 1.51. The number of hydrogen-bond donors (Lipinski definition) is 1. The third kappa shape index (κ3) is 3.00. The van der Waals surface area contributed by atoms with Crippen molar-refractivity contribution in [3.8, 4) is 0 Å². The van der Waals surface area contributed by atoms with Gasteiger partial charge in [0.15, 0.2) is 0 Å². The Balaban J connectivity index is 2.79. The van der Waals surface area contributed by atoms with Crippen LogP contribution < -0.4 is 0 Å². The first-order chi connectivity index (χ1) is 6.65. The van der Waals surface area contributed by atoms with Crippen molar-refractivity contribution in [2.24, 2.45) is 0 Å². The molecule has 0 aliphatic carbocycles. The summed E-state index contributed by atoms with van der Waals surface area (Å²) in [6.45, 7) is 3.70. The molecule has 1 rings (SSSR count). The molecule has 0 aromatic heterocycles. The van der Waals surface area contributed by atoms with Crippen LogP contribution in [0.25, 0.3) is 0 Å². The second kappa shape index (κ2) is 5.37. The van der Waals surface area contributed by atoms with Gasteiger partial charge in [0.2, 0.25) is 0 Å². The van der Waals surface area contributed by atoms with E-state index in [1.807, 2.05) is 0 Å². The molecule has 0 radical (unpaired) electrons. The Labute approximate surface area is 88.3 Å². The van der Waals surface area contributed by atoms with Crippen LogP contribution in [-0.2, 0) is 0 Å². The maximum atomic E-state index is 13.4. The van der Waals surface area contributed by atoms with E-state index in [4.69, 9.17) is 0 Å². The van der Waals surface area contributed by atoms with Crippen LogP contribution in [0.4, 0.5) is 4.39 Å². The van der Waals surface area contributed by atoms with Gasteiger partial charge >= 0.3 is 0 Å². The lowest BCUT2D eigenvalue weighted by molar-refractivity contribution is 0.198. The first-order valence-electron chi connectivity index (χ1n) is 4.75. The van der Waals surface area contributed by atoms with Crippen LogP contribution >= 0.6 is 11.8 Å². The Kier molecular flexibility index (Phi) is 4.42. The maximum absolute atomic E-state index is 13.4. The third-order valence-electron chi connectivity index (χ3n) is 1.90. The highest BCUT2D eigenvalue weighted by Crippen LogP contribution is 2.25. The first kappa shape index (κ1) is 11.5. The van der Waals surface area contributed by atoms with Crippen molar-refractivity contribution in [3.05, 3.63) is 29.6 Å². The predicted octanol–water partition coefficient (Wildman–Crippen LogP) is 3.38. The molecular formula is C11H15FOS. The number of aliphatic hydroxyl groups is 1. The number of thioether (sulfide) groups is 1. The number of halogens is 1. The Morgan fingerprint density at radius 1 is 1.50 bits per heavy atom. The summed E-state index contributed by atoms with van der Waals surface area (Å²) < 4.78 is 13.4. The highest BCUT2D eigenvalue weighted by atomic mass is 32.2. The minimum atomic E-state index is -0.602. The van der Waals surface area contributed by atoms with Gasteiger partial charge in [-0.05, 0) is 36.8 Å². The highest BCUT2D eigenvalue weighted by Gasteiger charge is 2.06. The monoisotopic (exact) mass is 214 g/mol. The van der Waals surface area contributed by atoms with Gasteiger partial charge in [-0.15, -0.1) is 11.8 Å². The second-order valence-corrected chi connectivity index (χ2v) is 4.35. The normalized spacial score (nSPS) is 12.9. The van der Waals surface area contributed by atoms with Gasteiger partial charge in [0.05, 0.1) is 6.10 Å². The van der Waals surface area contributed by atoms with E-state index >= 15 is 0 Å². The second-order valence-electron chi connectivity index (χ2n) is 3.21. The number of hydrogen-bond acceptors (Lipinski definition) is 2. The molecule has 0 aliphatic heterocycles. The lowest BCUT2D eigenvalue weighted by atomic mass is 10.1. The summed E-state index contributed by atoms with van der Waals surface area (Å²) in [6, 6.07) is 4.91. The number of rotatable bonds is 4. The molecule has 1 atom stereocenters. The lowest BCUT2D eigenvalue weighted by Crippen LogP contribution is -1.93. The van der Waals surface area contributed by atoms with E-state index in [0.29, 0.717) is 10.5 Å². The minimum Gasteiger partial charge on any atom is -0.389 e. The predicted molar refractivity (Wildman–Crippen MR) is 58.0 cm³/mol. The van der Waals surface area contributed by atoms with Gasteiger partial charge in [0.1, 0.15) is 5.82 Å². The van der Waals surface area contributed by atoms with Crippen molar-refractivity contribution in [2.75, 3.05) is 5.75 Å². The average Bonchev–Trinajstić information content (AvgIpc) is 2.15. The van der Waals surface area contributed by atoms with E-state index in [-0.39, 0.29) is 5.82 Å². The minimum absolute atomic E-state index is 0.234. The fourth-order valence-electron chi connectivity index (χ4n) is 1.11. The molecule has 0 spiro atoms. The van der Waals surface area contributed by atoms with Crippen molar-refractivity contribution < 1.29 is 9.50 Å². The van der Waals surface area contributed by atoms with Crippen LogP contribution in [-0.4, -0.2) is 10.9 Å². The van der Waals surface area contributed by atoms with Crippen LogP contribution in [0.5, 0.6) is 0 Å². The van der Waals surface area contributed by atoms with Crippen LogP contribution in [0.3, 0.4) is 0 Å². The van der Waals surface area contributed by atoms with E-state index < -0.39 is 6.10 Å². The molecular weight excluding hydrogens is 199 g/mol. The van der Waals surface area contributed by atoms with E-state index in [1.54, 1.807) is 19.1 Å². The molecule has 0 heterocycles. The lowest BCUT2D eigenvalue weighted by Gasteiger charge is -2.07. The van der Waals surface area contributed by atoms with Gasteiger partial charge in [-0.1, -0.05) is 13.0 Å². The van der Waals surface area contributed by atoms with Crippen LogP contribution in [0.1, 0.15) is 31.9 Å². The molecule has 0 bridgehead atoms. The molecule has 0 amide bonds. The molecule has 1 N–H and O–H groups in total. The third-order valence-corrected chi connectivity index (χ3v) is 3.15. The average molecular weight is 214 g/mol. The molecule has 0 saturated heterocycles. The van der Waals surface area contributed by atoms with Crippen LogP contribution in [0.15, 0.2) is 23.1 Å². The molecule has 0 fully saturated rings. The Morgan fingerprint density at radius 2 is 2.21 bits per heavy atom. The standard InChI is InChI=1S/C11H15FOS/c1-3-6-14-11-5-4-9(8(2)13)7-10(11)12/h4-5,7-8,13H,3,6H2,1-2H3. The van der Waals surface area contributed by atoms with Crippen molar-refractivity contribution in [1.82, 2.24) is 0 Å². The van der Waals surface area contributed by atoms with Gasteiger partial charge in [-0.3, -0.25) is 0 Å². The smallest absolute Gasteiger partial charge is 0.137 e. The zero-order chi connectivity index (χ0) is 10.6. The molecule has 1 aromatic rings. The molecule has 78 valence electrons. The van der Waals surface area contributed by atoms with Crippen LogP contribution in [0.2, 0.25) is 0 Å². The summed E-state index contributed by atoms with van der Waals surface area (Å²) in [5.41, 5.74) is 0.628. The fourth-order valence-corrected chi connectivity index (χ4v) is 1.89. The summed E-state index contributed by atoms with van der Waals surface area (Å²) in [5, 5.41) is 9.24. The fraction of sp³-hybridized carbons (Fsp3) is 0.455. The van der Waals surface area contributed by atoms with E-state index in [2.05, 4.69) is 6.92 Å². The Hall–Kier alpha value is -0.540. The summed E-state index contributed by atoms with van der Waals surface area (Å²) in [7, 11) is 0. The van der Waals surface area contributed by atoms with Crippen LogP contribution in [0, 0.1) is 5.82 Å². The van der Waals surface area contributed by atoms with Gasteiger partial charge < -0.3 is 5.11 Å². The number of aliphatic hydroxyl groups excluding tert-OH is 1. The van der Waals surface area contributed by atoms with Crippen molar-refractivity contribution in [2.45, 2.75) is 31.3 Å². The largest absolute Gasteiger partial charge is 0.389 e. The summed E-state index contributed by atoms with van der Waals surface area (Å²) in [6.07, 6.45) is 0.428. The molecule has 1 aromatic carbocycles. The van der Waals surface area contributed by atoms with E-state index in [0.717, 1.165) is 12.2 Å². The summed E-state index contributed by atoms with van der Waals surface area (Å²) in [4.78, 5) is 0.663. The first-order valence-corrected chi connectivity index (χ1v) is 5.74. The highest BCUT2D eigenvalue weighted by molar-refractivity contribution is 7.99. The molecule has 14 heavy (non-hydrogen) atoms. The SMILES string of the molecule is CCCSc1ccc(C(C)O)cc1F. The number of benzene rings is 1. The van der Waals surface area contributed by atoms with Gasteiger partial charge in [0.25, 0.3) is 0 Å². The summed E-state index contributed by atoms with van der Waals surface area (Å²) in [5.74, 6) is 0.687. The molecule has 0 aliphatic rings. The Morgan fingerprint density at radius 3 is 2.71 bits per heavy atom. The van der Waals surface area contributed by atoms with Crippen molar-refractivity contribution >= 4 is 11.8 Å². The topological polar surface area (TPSA) is 20.2 Å². The van der Waals surface area contributed by atoms with E-state index in [1.165, 1.54) is 17.8 Å². The zero-order valence-corrected chi connectivity index (χ0v) is 9.27. The Bertz CT molecular complexity index is 299. The molecule has 0 saturated carbocycles. The molecule has 1 unspecified atom stereocenters. The van der Waals surface area contributed by atoms with Crippen molar-refractivity contribution in [1.29, 1.82) is 0 Å². The zero-order valence-electron chi connectivity index (χ0n) is 8.46. The van der Waals surface area contributed by atoms with E-state index in [9.17, 15) is 9.50 Å². The maximum Gasteiger partial charge on any atom is 0.137 e. The van der Waals surface area contributed by atoms with Gasteiger partial charge in [0, 0.05) is 4.90 Å². The molecule has 1 nitrogen and oxygen atoms in total. The van der Waals surface area contributed by atoms with Gasteiger partial charge in [-0.25, -0.2) is 4.39 Å². The van der Waals surface area contributed by atoms with Gasteiger partial charge in [-0.2, -0.15) is 0 Å². The quantitative estimate of drug-likeness (QED) is 0.775. The van der Waals surface area contributed by atoms with Crippen molar-refractivity contribution in [3.63, 3.8) is 0 Å².